The van der Waals surface area contributed by atoms with Gasteiger partial charge in [-0.1, -0.05) is 29.8 Å². The van der Waals surface area contributed by atoms with Gasteiger partial charge in [0.05, 0.1) is 13.1 Å². The Labute approximate surface area is 142 Å². The van der Waals surface area contributed by atoms with Crippen molar-refractivity contribution >= 4 is 29.7 Å². The SMILES string of the molecule is Cc1ccc(-c2ccc(CN(C(=O)CN)C(C)C)s2)cc1.Cl. The maximum absolute atomic E-state index is 11.9. The molecule has 1 aromatic carbocycles. The van der Waals surface area contributed by atoms with Crippen LogP contribution in [0.3, 0.4) is 0 Å². The molecular formula is C17H23ClN2OS. The van der Waals surface area contributed by atoms with Crippen molar-refractivity contribution < 1.29 is 4.79 Å². The molecule has 0 radical (unpaired) electrons. The zero-order valence-electron chi connectivity index (χ0n) is 13.2. The van der Waals surface area contributed by atoms with Gasteiger partial charge in [-0.2, -0.15) is 0 Å². The number of benzene rings is 1. The molecule has 22 heavy (non-hydrogen) atoms. The first-order valence-corrected chi connectivity index (χ1v) is 7.98. The maximum Gasteiger partial charge on any atom is 0.236 e. The lowest BCUT2D eigenvalue weighted by Gasteiger charge is -2.25. The van der Waals surface area contributed by atoms with Crippen LogP contribution in [0.4, 0.5) is 0 Å². The summed E-state index contributed by atoms with van der Waals surface area (Å²) in [6.45, 7) is 6.81. The Kier molecular flexibility index (Phi) is 7.07. The number of carbonyl (C=O) groups excluding carboxylic acids is 1. The summed E-state index contributed by atoms with van der Waals surface area (Å²) >= 11 is 1.73. The first-order chi connectivity index (χ1) is 10.0. The first-order valence-electron chi connectivity index (χ1n) is 7.16. The zero-order chi connectivity index (χ0) is 15.4. The van der Waals surface area contributed by atoms with Crippen LogP contribution in [0.25, 0.3) is 10.4 Å². The Morgan fingerprint density at radius 1 is 1.18 bits per heavy atom. The molecule has 2 aromatic rings. The van der Waals surface area contributed by atoms with E-state index in [1.54, 1.807) is 11.3 Å². The van der Waals surface area contributed by atoms with Crippen LogP contribution < -0.4 is 5.73 Å². The quantitative estimate of drug-likeness (QED) is 0.900. The van der Waals surface area contributed by atoms with Crippen molar-refractivity contribution in [3.8, 4) is 10.4 Å². The molecule has 2 N–H and O–H groups in total. The summed E-state index contributed by atoms with van der Waals surface area (Å²) in [6.07, 6.45) is 0. The molecule has 0 saturated carbocycles. The lowest BCUT2D eigenvalue weighted by molar-refractivity contribution is -0.131. The van der Waals surface area contributed by atoms with Crippen molar-refractivity contribution in [1.82, 2.24) is 4.90 Å². The second kappa shape index (κ2) is 8.32. The smallest absolute Gasteiger partial charge is 0.236 e. The summed E-state index contributed by atoms with van der Waals surface area (Å²) < 4.78 is 0. The average Bonchev–Trinajstić information content (AvgIpc) is 2.93. The molecule has 0 fully saturated rings. The molecule has 0 aliphatic carbocycles. The number of aryl methyl sites for hydroxylation is 1. The van der Waals surface area contributed by atoms with Gasteiger partial charge in [-0.25, -0.2) is 0 Å². The van der Waals surface area contributed by atoms with E-state index in [-0.39, 0.29) is 30.9 Å². The number of nitrogens with two attached hydrogens (primary N) is 1. The van der Waals surface area contributed by atoms with Gasteiger partial charge in [0.15, 0.2) is 0 Å². The van der Waals surface area contributed by atoms with Crippen LogP contribution in [0, 0.1) is 6.92 Å². The minimum Gasteiger partial charge on any atom is -0.334 e. The van der Waals surface area contributed by atoms with E-state index in [0.29, 0.717) is 6.54 Å². The lowest BCUT2D eigenvalue weighted by Crippen LogP contribution is -2.40. The van der Waals surface area contributed by atoms with Crippen LogP contribution in [-0.4, -0.2) is 23.4 Å². The second-order valence-electron chi connectivity index (χ2n) is 5.45. The predicted molar refractivity (Wildman–Crippen MR) is 96.5 cm³/mol. The molecule has 2 rings (SSSR count). The summed E-state index contributed by atoms with van der Waals surface area (Å²) in [5, 5.41) is 0. The van der Waals surface area contributed by atoms with Gasteiger partial charge in [0.25, 0.3) is 0 Å². The second-order valence-corrected chi connectivity index (χ2v) is 6.62. The number of rotatable bonds is 5. The summed E-state index contributed by atoms with van der Waals surface area (Å²) in [4.78, 5) is 16.1. The van der Waals surface area contributed by atoms with Crippen LogP contribution in [0.5, 0.6) is 0 Å². The predicted octanol–water partition coefficient (Wildman–Crippen LogP) is 3.84. The molecule has 0 bridgehead atoms. The fourth-order valence-electron chi connectivity index (χ4n) is 2.18. The van der Waals surface area contributed by atoms with E-state index in [0.717, 1.165) is 0 Å². The van der Waals surface area contributed by atoms with Crippen LogP contribution in [0.1, 0.15) is 24.3 Å². The van der Waals surface area contributed by atoms with Crippen LogP contribution in [0.15, 0.2) is 36.4 Å². The van der Waals surface area contributed by atoms with E-state index in [9.17, 15) is 4.79 Å². The minimum absolute atomic E-state index is 0. The Morgan fingerprint density at radius 2 is 1.82 bits per heavy atom. The molecule has 0 saturated heterocycles. The molecule has 1 amide bonds. The van der Waals surface area contributed by atoms with Gasteiger partial charge in [0.2, 0.25) is 5.91 Å². The molecule has 1 aromatic heterocycles. The van der Waals surface area contributed by atoms with E-state index in [2.05, 4.69) is 43.3 Å². The Morgan fingerprint density at radius 3 is 2.36 bits per heavy atom. The van der Waals surface area contributed by atoms with E-state index >= 15 is 0 Å². The fourth-order valence-corrected chi connectivity index (χ4v) is 3.19. The number of nitrogens with zero attached hydrogens (tertiary/aromatic N) is 1. The molecule has 120 valence electrons. The largest absolute Gasteiger partial charge is 0.334 e. The Bertz CT molecular complexity index is 607. The van der Waals surface area contributed by atoms with Crippen LogP contribution in [-0.2, 0) is 11.3 Å². The van der Waals surface area contributed by atoms with Crippen LogP contribution >= 0.6 is 23.7 Å². The van der Waals surface area contributed by atoms with Crippen molar-refractivity contribution in [3.05, 3.63) is 46.8 Å². The molecule has 0 atom stereocenters. The number of thiophene rings is 1. The minimum atomic E-state index is -0.00436. The van der Waals surface area contributed by atoms with Crippen molar-refractivity contribution in [2.24, 2.45) is 5.73 Å². The molecule has 0 aliphatic heterocycles. The zero-order valence-corrected chi connectivity index (χ0v) is 14.8. The average molecular weight is 339 g/mol. The molecule has 1 heterocycles. The number of hydrogen-bond donors (Lipinski definition) is 1. The highest BCUT2D eigenvalue weighted by atomic mass is 35.5. The Hall–Kier alpha value is -1.36. The van der Waals surface area contributed by atoms with E-state index < -0.39 is 0 Å². The van der Waals surface area contributed by atoms with Gasteiger partial charge < -0.3 is 10.6 Å². The molecule has 5 heteroatoms. The molecule has 0 spiro atoms. The number of carbonyl (C=O) groups is 1. The highest BCUT2D eigenvalue weighted by Crippen LogP contribution is 2.29. The van der Waals surface area contributed by atoms with Gasteiger partial charge >= 0.3 is 0 Å². The molecular weight excluding hydrogens is 316 g/mol. The topological polar surface area (TPSA) is 46.3 Å². The highest BCUT2D eigenvalue weighted by Gasteiger charge is 2.16. The van der Waals surface area contributed by atoms with E-state index in [1.807, 2.05) is 18.7 Å². The third kappa shape index (κ3) is 4.57. The monoisotopic (exact) mass is 338 g/mol. The third-order valence-electron chi connectivity index (χ3n) is 3.44. The highest BCUT2D eigenvalue weighted by molar-refractivity contribution is 7.15. The third-order valence-corrected chi connectivity index (χ3v) is 4.56. The Balaban J connectivity index is 0.00000242. The first kappa shape index (κ1) is 18.7. The van der Waals surface area contributed by atoms with E-state index in [1.165, 1.54) is 20.9 Å². The lowest BCUT2D eigenvalue weighted by atomic mass is 10.1. The van der Waals surface area contributed by atoms with Crippen molar-refractivity contribution in [2.45, 2.75) is 33.4 Å². The summed E-state index contributed by atoms with van der Waals surface area (Å²) in [5.41, 5.74) is 7.97. The van der Waals surface area contributed by atoms with Gasteiger partial charge in [0, 0.05) is 15.8 Å². The maximum atomic E-state index is 11.9. The van der Waals surface area contributed by atoms with Crippen molar-refractivity contribution in [2.75, 3.05) is 6.54 Å². The van der Waals surface area contributed by atoms with Crippen molar-refractivity contribution in [1.29, 1.82) is 0 Å². The normalized spacial score (nSPS) is 10.4. The van der Waals surface area contributed by atoms with Gasteiger partial charge in [0.1, 0.15) is 0 Å². The fraction of sp³-hybridized carbons (Fsp3) is 0.353. The van der Waals surface area contributed by atoms with Gasteiger partial charge in [-0.15, -0.1) is 23.7 Å². The molecule has 0 unspecified atom stereocenters. The van der Waals surface area contributed by atoms with Gasteiger partial charge in [-0.3, -0.25) is 4.79 Å². The molecule has 3 nitrogen and oxygen atoms in total. The molecule has 0 aliphatic rings. The van der Waals surface area contributed by atoms with E-state index in [4.69, 9.17) is 5.73 Å². The number of halogens is 1. The van der Waals surface area contributed by atoms with Gasteiger partial charge in [-0.05, 0) is 38.5 Å². The standard InChI is InChI=1S/C17H22N2OS.ClH/c1-12(2)19(17(20)10-18)11-15-8-9-16(21-15)14-6-4-13(3)5-7-14;/h4-9,12H,10-11,18H2,1-3H3;1H. The van der Waals surface area contributed by atoms with Crippen LogP contribution in [0.2, 0.25) is 0 Å². The number of hydrogen-bond acceptors (Lipinski definition) is 3. The summed E-state index contributed by atoms with van der Waals surface area (Å²) in [6, 6.07) is 12.9. The van der Waals surface area contributed by atoms with Crippen molar-refractivity contribution in [3.63, 3.8) is 0 Å². The number of amides is 1. The summed E-state index contributed by atoms with van der Waals surface area (Å²) in [7, 11) is 0. The summed E-state index contributed by atoms with van der Waals surface area (Å²) in [5.74, 6) is -0.00436.